The monoisotopic (exact) mass is 265 g/mol. The quantitative estimate of drug-likeness (QED) is 0.766. The first-order valence-corrected chi connectivity index (χ1v) is 6.43. The number of likely N-dealkylation sites (N-methyl/N-ethyl adjacent to an activating group) is 1. The Morgan fingerprint density at radius 1 is 1.42 bits per heavy atom. The maximum Gasteiger partial charge on any atom is 0.257 e. The minimum atomic E-state index is -0.285. The summed E-state index contributed by atoms with van der Waals surface area (Å²) in [6.45, 7) is 1.75. The summed E-state index contributed by atoms with van der Waals surface area (Å²) in [7, 11) is 1.66. The second kappa shape index (κ2) is 5.93. The van der Waals surface area contributed by atoms with Gasteiger partial charge in [-0.15, -0.1) is 0 Å². The molecule has 1 aliphatic carbocycles. The number of carbonyl (C=O) groups excluding carboxylic acids is 1. The molecule has 2 N–H and O–H groups in total. The number of amides is 1. The Balaban J connectivity index is 1.83. The second-order valence-corrected chi connectivity index (χ2v) is 4.95. The minimum absolute atomic E-state index is 0.0653. The lowest BCUT2D eigenvalue weighted by atomic mass is 10.1. The van der Waals surface area contributed by atoms with Crippen molar-refractivity contribution in [3.63, 3.8) is 0 Å². The Labute approximate surface area is 112 Å². The van der Waals surface area contributed by atoms with Crippen LogP contribution in [-0.4, -0.2) is 47.8 Å². The van der Waals surface area contributed by atoms with E-state index in [9.17, 15) is 15.0 Å². The fraction of sp³-hybridized carbons (Fsp3) is 0.500. The van der Waals surface area contributed by atoms with Gasteiger partial charge in [0.05, 0.1) is 12.2 Å². The van der Waals surface area contributed by atoms with Gasteiger partial charge in [-0.2, -0.15) is 0 Å². The van der Waals surface area contributed by atoms with E-state index >= 15 is 0 Å². The van der Waals surface area contributed by atoms with E-state index in [1.165, 1.54) is 29.9 Å². The molecular weight excluding hydrogens is 246 g/mol. The second-order valence-electron chi connectivity index (χ2n) is 4.95. The number of hydrogen-bond donors (Lipinski definition) is 2. The summed E-state index contributed by atoms with van der Waals surface area (Å²) >= 11 is 0. The Morgan fingerprint density at radius 3 is 2.79 bits per heavy atom. The van der Waals surface area contributed by atoms with Crippen molar-refractivity contribution in [2.24, 2.45) is 5.92 Å². The number of hydrogen-bond acceptors (Lipinski definition) is 4. The zero-order chi connectivity index (χ0) is 13.8. The highest BCUT2D eigenvalue weighted by Gasteiger charge is 2.21. The molecule has 104 valence electrons. The van der Waals surface area contributed by atoms with Crippen molar-refractivity contribution in [2.45, 2.75) is 12.8 Å². The molecule has 0 aromatic heterocycles. The standard InChI is InChI=1S/C14H19NO4/c1-15(6-7-19-9-10-2-3-10)14(18)12-5-4-11(16)8-13(12)17/h4-5,8,10,16-17H,2-3,6-7,9H2,1H3. The van der Waals surface area contributed by atoms with Crippen LogP contribution in [0.4, 0.5) is 0 Å². The van der Waals surface area contributed by atoms with E-state index in [1.54, 1.807) is 7.05 Å². The van der Waals surface area contributed by atoms with Gasteiger partial charge < -0.3 is 19.8 Å². The number of carbonyl (C=O) groups is 1. The van der Waals surface area contributed by atoms with Crippen LogP contribution in [0.5, 0.6) is 11.5 Å². The van der Waals surface area contributed by atoms with Crippen molar-refractivity contribution in [1.29, 1.82) is 0 Å². The molecule has 1 aromatic carbocycles. The van der Waals surface area contributed by atoms with Crippen LogP contribution >= 0.6 is 0 Å². The summed E-state index contributed by atoms with van der Waals surface area (Å²) in [6.07, 6.45) is 2.49. The fourth-order valence-corrected chi connectivity index (χ4v) is 1.74. The highest BCUT2D eigenvalue weighted by Crippen LogP contribution is 2.28. The number of aromatic hydroxyl groups is 2. The van der Waals surface area contributed by atoms with Crippen molar-refractivity contribution >= 4 is 5.91 Å². The molecule has 0 unspecified atom stereocenters. The van der Waals surface area contributed by atoms with E-state index in [0.717, 1.165) is 12.7 Å². The van der Waals surface area contributed by atoms with Crippen molar-refractivity contribution in [1.82, 2.24) is 4.90 Å². The molecule has 0 spiro atoms. The highest BCUT2D eigenvalue weighted by atomic mass is 16.5. The summed E-state index contributed by atoms with van der Waals surface area (Å²) in [5.74, 6) is 0.148. The third kappa shape index (κ3) is 3.86. The average molecular weight is 265 g/mol. The van der Waals surface area contributed by atoms with Gasteiger partial charge in [0.15, 0.2) is 0 Å². The molecule has 1 aliphatic rings. The Bertz CT molecular complexity index is 457. The van der Waals surface area contributed by atoms with Crippen LogP contribution in [0, 0.1) is 5.92 Å². The molecule has 1 saturated carbocycles. The smallest absolute Gasteiger partial charge is 0.257 e. The molecular formula is C14H19NO4. The van der Waals surface area contributed by atoms with E-state index in [2.05, 4.69) is 0 Å². The van der Waals surface area contributed by atoms with Gasteiger partial charge in [-0.25, -0.2) is 0 Å². The van der Waals surface area contributed by atoms with E-state index in [0.29, 0.717) is 19.1 Å². The third-order valence-electron chi connectivity index (χ3n) is 3.18. The van der Waals surface area contributed by atoms with Crippen molar-refractivity contribution in [2.75, 3.05) is 26.8 Å². The first-order valence-electron chi connectivity index (χ1n) is 6.43. The summed E-state index contributed by atoms with van der Waals surface area (Å²) < 4.78 is 5.47. The van der Waals surface area contributed by atoms with Crippen molar-refractivity contribution in [3.8, 4) is 11.5 Å². The number of phenols is 2. The molecule has 0 heterocycles. The van der Waals surface area contributed by atoms with Crippen molar-refractivity contribution < 1.29 is 19.7 Å². The van der Waals surface area contributed by atoms with Gasteiger partial charge in [-0.1, -0.05) is 0 Å². The molecule has 19 heavy (non-hydrogen) atoms. The first-order chi connectivity index (χ1) is 9.08. The van der Waals surface area contributed by atoms with E-state index < -0.39 is 0 Å². The van der Waals surface area contributed by atoms with E-state index in [1.807, 2.05) is 0 Å². The predicted octanol–water partition coefficient (Wildman–Crippen LogP) is 1.60. The molecule has 1 amide bonds. The largest absolute Gasteiger partial charge is 0.508 e. The van der Waals surface area contributed by atoms with Crippen LogP contribution in [0.25, 0.3) is 0 Å². The molecule has 0 aliphatic heterocycles. The number of benzene rings is 1. The van der Waals surface area contributed by atoms with Crippen LogP contribution in [-0.2, 0) is 4.74 Å². The number of nitrogens with zero attached hydrogens (tertiary/aromatic N) is 1. The normalized spacial score (nSPS) is 14.4. The molecule has 5 nitrogen and oxygen atoms in total. The Hall–Kier alpha value is -1.75. The third-order valence-corrected chi connectivity index (χ3v) is 3.18. The summed E-state index contributed by atoms with van der Waals surface area (Å²) in [5.41, 5.74) is 0.183. The summed E-state index contributed by atoms with van der Waals surface area (Å²) in [6, 6.07) is 3.95. The number of rotatable bonds is 6. The van der Waals surface area contributed by atoms with Crippen LogP contribution in [0.3, 0.4) is 0 Å². The molecule has 1 fully saturated rings. The van der Waals surface area contributed by atoms with Gasteiger partial charge in [-0.3, -0.25) is 4.79 Å². The molecule has 1 aromatic rings. The maximum absolute atomic E-state index is 12.0. The zero-order valence-electron chi connectivity index (χ0n) is 11.0. The van der Waals surface area contributed by atoms with Gasteiger partial charge in [0.2, 0.25) is 0 Å². The molecule has 2 rings (SSSR count). The molecule has 0 radical (unpaired) electrons. The van der Waals surface area contributed by atoms with E-state index in [4.69, 9.17) is 4.74 Å². The molecule has 0 saturated heterocycles. The zero-order valence-corrected chi connectivity index (χ0v) is 11.0. The van der Waals surface area contributed by atoms with Gasteiger partial charge in [-0.05, 0) is 30.9 Å². The summed E-state index contributed by atoms with van der Waals surface area (Å²) in [5, 5.41) is 18.8. The Kier molecular flexibility index (Phi) is 4.27. The molecule has 0 atom stereocenters. The van der Waals surface area contributed by atoms with Crippen molar-refractivity contribution in [3.05, 3.63) is 23.8 Å². The van der Waals surface area contributed by atoms with Gasteiger partial charge >= 0.3 is 0 Å². The Morgan fingerprint density at radius 2 is 2.16 bits per heavy atom. The highest BCUT2D eigenvalue weighted by molar-refractivity contribution is 5.96. The predicted molar refractivity (Wildman–Crippen MR) is 70.3 cm³/mol. The lowest BCUT2D eigenvalue weighted by Gasteiger charge is -2.17. The first kappa shape index (κ1) is 13.7. The minimum Gasteiger partial charge on any atom is -0.508 e. The van der Waals surface area contributed by atoms with Gasteiger partial charge in [0.25, 0.3) is 5.91 Å². The van der Waals surface area contributed by atoms with Crippen LogP contribution in [0.15, 0.2) is 18.2 Å². The number of ether oxygens (including phenoxy) is 1. The SMILES string of the molecule is CN(CCOCC1CC1)C(=O)c1ccc(O)cc1O. The molecule has 5 heteroatoms. The molecule has 0 bridgehead atoms. The maximum atomic E-state index is 12.0. The van der Waals surface area contributed by atoms with Gasteiger partial charge in [0.1, 0.15) is 11.5 Å². The van der Waals surface area contributed by atoms with Crippen LogP contribution in [0.1, 0.15) is 23.2 Å². The van der Waals surface area contributed by atoms with Gasteiger partial charge in [0, 0.05) is 26.3 Å². The fourth-order valence-electron chi connectivity index (χ4n) is 1.74. The van der Waals surface area contributed by atoms with Crippen LogP contribution in [0.2, 0.25) is 0 Å². The summed E-state index contributed by atoms with van der Waals surface area (Å²) in [4.78, 5) is 13.5. The topological polar surface area (TPSA) is 70.0 Å². The lowest BCUT2D eigenvalue weighted by Crippen LogP contribution is -2.30. The van der Waals surface area contributed by atoms with Crippen LogP contribution < -0.4 is 0 Å². The lowest BCUT2D eigenvalue weighted by molar-refractivity contribution is 0.0678. The number of phenolic OH excluding ortho intramolecular Hbond substituents is 2. The average Bonchev–Trinajstić information content (AvgIpc) is 3.17. The van der Waals surface area contributed by atoms with E-state index in [-0.39, 0.29) is 23.0 Å².